The van der Waals surface area contributed by atoms with E-state index in [2.05, 4.69) is 83.6 Å². The molecule has 39 heavy (non-hydrogen) atoms. The normalized spacial score (nSPS) is 19.3. The van der Waals surface area contributed by atoms with Crippen molar-refractivity contribution >= 4 is 43.6 Å². The van der Waals surface area contributed by atoms with Gasteiger partial charge in [0.1, 0.15) is 5.75 Å². The molecule has 2 fully saturated rings. The Morgan fingerprint density at radius 3 is 2.46 bits per heavy atom. The Labute approximate surface area is 251 Å². The Hall–Kier alpha value is -1.61. The number of likely N-dealkylation sites (N-methyl/N-ethyl adjacent to an activating group) is 1. The number of anilines is 1. The third-order valence-electron chi connectivity index (χ3n) is 8.42. The van der Waals surface area contributed by atoms with Crippen molar-refractivity contribution in [3.05, 3.63) is 57.0 Å². The number of carbonyl (C=O) groups is 1. The van der Waals surface area contributed by atoms with Crippen LogP contribution in [0.3, 0.4) is 0 Å². The van der Waals surface area contributed by atoms with E-state index < -0.39 is 0 Å². The molecule has 6 nitrogen and oxygen atoms in total. The summed E-state index contributed by atoms with van der Waals surface area (Å²) < 4.78 is 7.16. The van der Waals surface area contributed by atoms with Crippen LogP contribution in [0.15, 0.2) is 51.4 Å². The van der Waals surface area contributed by atoms with Crippen LogP contribution < -0.4 is 15.4 Å². The maximum absolute atomic E-state index is 12.8. The van der Waals surface area contributed by atoms with Crippen LogP contribution in [0.1, 0.15) is 56.9 Å². The molecule has 0 aromatic heterocycles. The molecule has 2 aromatic rings. The molecule has 1 heterocycles. The van der Waals surface area contributed by atoms with Gasteiger partial charge in [-0.3, -0.25) is 4.90 Å². The fourth-order valence-corrected chi connectivity index (χ4v) is 7.47. The summed E-state index contributed by atoms with van der Waals surface area (Å²) in [5, 5.41) is 6.18. The molecule has 214 valence electrons. The van der Waals surface area contributed by atoms with Gasteiger partial charge >= 0.3 is 6.03 Å². The second kappa shape index (κ2) is 15.4. The zero-order valence-electron chi connectivity index (χ0n) is 23.4. The number of ether oxygens (including phenoxy) is 1. The van der Waals surface area contributed by atoms with Crippen LogP contribution in [-0.4, -0.2) is 68.3 Å². The molecule has 1 aliphatic heterocycles. The molecule has 2 atom stereocenters. The monoisotopic (exact) mass is 662 g/mol. The first-order valence-electron chi connectivity index (χ1n) is 14.5. The predicted molar refractivity (Wildman–Crippen MR) is 168 cm³/mol. The van der Waals surface area contributed by atoms with Crippen molar-refractivity contribution < 1.29 is 9.53 Å². The van der Waals surface area contributed by atoms with E-state index in [9.17, 15) is 4.79 Å². The first-order valence-corrected chi connectivity index (χ1v) is 16.1. The minimum atomic E-state index is -0.149. The van der Waals surface area contributed by atoms with Gasteiger partial charge in [0, 0.05) is 46.4 Å². The summed E-state index contributed by atoms with van der Waals surface area (Å²) in [4.78, 5) is 18.0. The molecule has 4 rings (SSSR count). The lowest BCUT2D eigenvalue weighted by Crippen LogP contribution is -2.48. The number of amides is 2. The summed E-state index contributed by atoms with van der Waals surface area (Å²) in [6, 6.07) is 15.0. The Balaban J connectivity index is 1.32. The Kier molecular flexibility index (Phi) is 12.0. The standard InChI is InChI=1S/C31H44Br2N4O2/c1-36(22-28-9-6-15-37(28)16-14-23-10-12-30(39-2)13-11-23)29(17-24-7-4-3-5-8-24)21-34-31(38)35-27-19-25(32)18-26(33)20-27/h10-13,18-20,24,28-29H,3-9,14-17,21-22H2,1-2H3,(H2,34,35,38)/t28-,29+/m0/s1. The van der Waals surface area contributed by atoms with Crippen LogP contribution in [0.4, 0.5) is 10.5 Å². The summed E-state index contributed by atoms with van der Waals surface area (Å²) in [6.07, 6.45) is 11.4. The molecule has 1 saturated heterocycles. The molecule has 2 aliphatic rings. The van der Waals surface area contributed by atoms with Crippen molar-refractivity contribution in [2.24, 2.45) is 5.92 Å². The minimum absolute atomic E-state index is 0.149. The smallest absolute Gasteiger partial charge is 0.319 e. The van der Waals surface area contributed by atoms with Crippen LogP contribution >= 0.6 is 31.9 Å². The van der Waals surface area contributed by atoms with E-state index in [0.29, 0.717) is 18.6 Å². The summed E-state index contributed by atoms with van der Waals surface area (Å²) in [6.45, 7) is 3.96. The molecular formula is C31H44Br2N4O2. The van der Waals surface area contributed by atoms with E-state index in [0.717, 1.165) is 52.2 Å². The van der Waals surface area contributed by atoms with Gasteiger partial charge in [-0.15, -0.1) is 0 Å². The van der Waals surface area contributed by atoms with Crippen LogP contribution in [-0.2, 0) is 6.42 Å². The molecule has 8 heteroatoms. The highest BCUT2D eigenvalue weighted by Crippen LogP contribution is 2.29. The fourth-order valence-electron chi connectivity index (χ4n) is 6.18. The molecule has 0 unspecified atom stereocenters. The Morgan fingerprint density at radius 1 is 1.05 bits per heavy atom. The van der Waals surface area contributed by atoms with Gasteiger partial charge in [-0.05, 0) is 81.1 Å². The van der Waals surface area contributed by atoms with Crippen molar-refractivity contribution in [1.29, 1.82) is 0 Å². The van der Waals surface area contributed by atoms with E-state index in [1.54, 1.807) is 7.11 Å². The second-order valence-electron chi connectivity index (χ2n) is 11.3. The molecule has 1 aliphatic carbocycles. The zero-order chi connectivity index (χ0) is 27.6. The first kappa shape index (κ1) is 30.4. The molecular weight excluding hydrogens is 620 g/mol. The number of halogens is 2. The van der Waals surface area contributed by atoms with E-state index in [1.165, 1.54) is 57.1 Å². The Bertz CT molecular complexity index is 1030. The van der Waals surface area contributed by atoms with Crippen molar-refractivity contribution in [3.63, 3.8) is 0 Å². The topological polar surface area (TPSA) is 56.8 Å². The Morgan fingerprint density at radius 2 is 1.77 bits per heavy atom. The third-order valence-corrected chi connectivity index (χ3v) is 9.33. The van der Waals surface area contributed by atoms with Crippen LogP contribution in [0.25, 0.3) is 0 Å². The van der Waals surface area contributed by atoms with E-state index in [-0.39, 0.29) is 6.03 Å². The average molecular weight is 665 g/mol. The number of rotatable bonds is 12. The number of urea groups is 1. The summed E-state index contributed by atoms with van der Waals surface area (Å²) in [5.74, 6) is 1.67. The number of benzene rings is 2. The number of nitrogens with zero attached hydrogens (tertiary/aromatic N) is 2. The highest BCUT2D eigenvalue weighted by molar-refractivity contribution is 9.11. The number of hydrogen-bond donors (Lipinski definition) is 2. The summed E-state index contributed by atoms with van der Waals surface area (Å²) in [5.41, 5.74) is 2.13. The maximum atomic E-state index is 12.8. The van der Waals surface area contributed by atoms with Gasteiger partial charge in [-0.25, -0.2) is 4.79 Å². The summed E-state index contributed by atoms with van der Waals surface area (Å²) >= 11 is 7.00. The van der Waals surface area contributed by atoms with Gasteiger partial charge in [0.15, 0.2) is 0 Å². The highest BCUT2D eigenvalue weighted by atomic mass is 79.9. The molecule has 2 N–H and O–H groups in total. The quantitative estimate of drug-likeness (QED) is 0.250. The van der Waals surface area contributed by atoms with E-state index >= 15 is 0 Å². The molecule has 2 amide bonds. The van der Waals surface area contributed by atoms with E-state index in [4.69, 9.17) is 4.74 Å². The van der Waals surface area contributed by atoms with Crippen molar-refractivity contribution in [1.82, 2.24) is 15.1 Å². The summed E-state index contributed by atoms with van der Waals surface area (Å²) in [7, 11) is 3.98. The number of carbonyl (C=O) groups excluding carboxylic acids is 1. The van der Waals surface area contributed by atoms with Gasteiger partial charge in [0.25, 0.3) is 0 Å². The van der Waals surface area contributed by atoms with Crippen LogP contribution in [0.2, 0.25) is 0 Å². The van der Waals surface area contributed by atoms with Crippen molar-refractivity contribution in [2.75, 3.05) is 45.7 Å². The molecule has 0 bridgehead atoms. The molecule has 0 radical (unpaired) electrons. The predicted octanol–water partition coefficient (Wildman–Crippen LogP) is 7.32. The van der Waals surface area contributed by atoms with E-state index in [1.807, 2.05) is 18.2 Å². The lowest BCUT2D eigenvalue weighted by Gasteiger charge is -2.36. The maximum Gasteiger partial charge on any atom is 0.319 e. The minimum Gasteiger partial charge on any atom is -0.497 e. The third kappa shape index (κ3) is 9.76. The lowest BCUT2D eigenvalue weighted by atomic mass is 9.84. The lowest BCUT2D eigenvalue weighted by molar-refractivity contribution is 0.136. The van der Waals surface area contributed by atoms with Gasteiger partial charge in [-0.2, -0.15) is 0 Å². The van der Waals surface area contributed by atoms with Crippen LogP contribution in [0.5, 0.6) is 5.75 Å². The number of nitrogens with one attached hydrogen (secondary N) is 2. The van der Waals surface area contributed by atoms with Gasteiger partial charge in [0.2, 0.25) is 0 Å². The highest BCUT2D eigenvalue weighted by Gasteiger charge is 2.29. The van der Waals surface area contributed by atoms with Crippen molar-refractivity contribution in [3.8, 4) is 5.75 Å². The van der Waals surface area contributed by atoms with Gasteiger partial charge in [0.05, 0.1) is 7.11 Å². The largest absolute Gasteiger partial charge is 0.497 e. The second-order valence-corrected chi connectivity index (χ2v) is 13.1. The number of methoxy groups -OCH3 is 1. The molecule has 2 aromatic carbocycles. The van der Waals surface area contributed by atoms with Crippen LogP contribution in [0, 0.1) is 5.92 Å². The first-order chi connectivity index (χ1) is 18.9. The molecule has 1 saturated carbocycles. The SMILES string of the molecule is COc1ccc(CCN2CCC[C@H]2CN(C)[C@@H](CNC(=O)Nc2cc(Br)cc(Br)c2)CC2CCCCC2)cc1. The average Bonchev–Trinajstić information content (AvgIpc) is 3.36. The fraction of sp³-hybridized carbons (Fsp3) is 0.581. The zero-order valence-corrected chi connectivity index (χ0v) is 26.6. The van der Waals surface area contributed by atoms with Crippen molar-refractivity contribution in [2.45, 2.75) is 69.9 Å². The number of hydrogen-bond acceptors (Lipinski definition) is 4. The number of likely N-dealkylation sites (tertiary alicyclic amines) is 1. The molecule has 0 spiro atoms. The van der Waals surface area contributed by atoms with Gasteiger partial charge in [-0.1, -0.05) is 76.1 Å². The van der Waals surface area contributed by atoms with Gasteiger partial charge < -0.3 is 20.3 Å².